The summed E-state index contributed by atoms with van der Waals surface area (Å²) in [7, 11) is 0. The van der Waals surface area contributed by atoms with E-state index in [0.717, 1.165) is 5.82 Å². The average molecular weight is 304 g/mol. The Bertz CT molecular complexity index is 528. The molecule has 0 aliphatic rings. The van der Waals surface area contributed by atoms with Crippen LogP contribution in [0.25, 0.3) is 5.52 Å². The molecule has 2 aromatic rings. The van der Waals surface area contributed by atoms with Crippen LogP contribution in [0.2, 0.25) is 0 Å². The highest BCUT2D eigenvalue weighted by molar-refractivity contribution is 14.1. The van der Waals surface area contributed by atoms with E-state index in [2.05, 4.69) is 15.1 Å². The van der Waals surface area contributed by atoms with Crippen molar-refractivity contribution in [3.63, 3.8) is 0 Å². The summed E-state index contributed by atoms with van der Waals surface area (Å²) in [5.74, 6) is 1.07. The Morgan fingerprint density at radius 3 is 2.93 bits per heavy atom. The Morgan fingerprint density at radius 2 is 2.29 bits per heavy atom. The van der Waals surface area contributed by atoms with Crippen LogP contribution >= 0.6 is 22.6 Å². The molecule has 6 heteroatoms. The summed E-state index contributed by atoms with van der Waals surface area (Å²) in [6.07, 6.45) is 1.39. The van der Waals surface area contributed by atoms with Gasteiger partial charge in [-0.3, -0.25) is 4.79 Å². The van der Waals surface area contributed by atoms with Crippen molar-refractivity contribution in [2.75, 3.05) is 0 Å². The van der Waals surface area contributed by atoms with E-state index < -0.39 is 0 Å². The molecule has 2 heterocycles. The minimum Gasteiger partial charge on any atom is -0.310 e. The Labute approximate surface area is 93.7 Å². The molecule has 0 saturated carbocycles. The lowest BCUT2D eigenvalue weighted by molar-refractivity contribution is 0.717. The molecule has 5 nitrogen and oxygen atoms in total. The first-order valence-corrected chi connectivity index (χ1v) is 5.31. The molecule has 0 aliphatic carbocycles. The van der Waals surface area contributed by atoms with Gasteiger partial charge < -0.3 is 4.98 Å². The van der Waals surface area contributed by atoms with E-state index in [1.165, 1.54) is 6.33 Å². The molecule has 0 atom stereocenters. The molecule has 0 saturated heterocycles. The van der Waals surface area contributed by atoms with Gasteiger partial charge in [0, 0.05) is 5.92 Å². The molecule has 0 fully saturated rings. The van der Waals surface area contributed by atoms with Crippen LogP contribution in [0.15, 0.2) is 11.1 Å². The number of nitrogens with zero attached hydrogens (tertiary/aromatic N) is 3. The maximum absolute atomic E-state index is 11.5. The second kappa shape index (κ2) is 3.34. The summed E-state index contributed by atoms with van der Waals surface area (Å²) < 4.78 is 2.30. The Hall–Kier alpha value is -0.920. The summed E-state index contributed by atoms with van der Waals surface area (Å²) in [5.41, 5.74) is 0.376. The number of hydrogen-bond donors (Lipinski definition) is 1. The quantitative estimate of drug-likeness (QED) is 0.804. The lowest BCUT2D eigenvalue weighted by Crippen LogP contribution is -2.12. The smallest absolute Gasteiger partial charge is 0.277 e. The Morgan fingerprint density at radius 1 is 1.57 bits per heavy atom. The van der Waals surface area contributed by atoms with Crippen molar-refractivity contribution >= 4 is 28.1 Å². The van der Waals surface area contributed by atoms with Crippen molar-refractivity contribution in [3.8, 4) is 0 Å². The maximum atomic E-state index is 11.5. The number of H-pyrrole nitrogens is 1. The average Bonchev–Trinajstić information content (AvgIpc) is 2.45. The van der Waals surface area contributed by atoms with Crippen molar-refractivity contribution in [1.82, 2.24) is 19.6 Å². The first-order valence-electron chi connectivity index (χ1n) is 4.23. The van der Waals surface area contributed by atoms with Crippen molar-refractivity contribution < 1.29 is 0 Å². The Kier molecular flexibility index (Phi) is 2.30. The van der Waals surface area contributed by atoms with Gasteiger partial charge in [-0.2, -0.15) is 5.10 Å². The lowest BCUT2D eigenvalue weighted by atomic mass is 10.2. The van der Waals surface area contributed by atoms with Crippen LogP contribution in [-0.2, 0) is 0 Å². The molecule has 0 unspecified atom stereocenters. The van der Waals surface area contributed by atoms with E-state index in [1.807, 2.05) is 36.4 Å². The predicted octanol–water partition coefficient (Wildman–Crippen LogP) is 1.15. The summed E-state index contributed by atoms with van der Waals surface area (Å²) in [4.78, 5) is 18.3. The third-order valence-electron chi connectivity index (χ3n) is 1.94. The number of halogens is 1. The normalized spacial score (nSPS) is 11.4. The topological polar surface area (TPSA) is 63.0 Å². The minimum atomic E-state index is -0.149. The van der Waals surface area contributed by atoms with Crippen LogP contribution in [0.4, 0.5) is 0 Å². The van der Waals surface area contributed by atoms with Crippen LogP contribution in [0, 0.1) is 3.70 Å². The summed E-state index contributed by atoms with van der Waals surface area (Å²) in [5, 5.41) is 4.08. The van der Waals surface area contributed by atoms with Crippen LogP contribution in [0.5, 0.6) is 0 Å². The third-order valence-corrected chi connectivity index (χ3v) is 2.69. The van der Waals surface area contributed by atoms with E-state index >= 15 is 0 Å². The fraction of sp³-hybridized carbons (Fsp3) is 0.375. The number of aromatic nitrogens is 4. The number of nitrogens with one attached hydrogen (secondary N) is 1. The fourth-order valence-electron chi connectivity index (χ4n) is 1.30. The van der Waals surface area contributed by atoms with Crippen LogP contribution in [0.1, 0.15) is 25.6 Å². The predicted molar refractivity (Wildman–Crippen MR) is 60.4 cm³/mol. The highest BCUT2D eigenvalue weighted by Crippen LogP contribution is 2.16. The van der Waals surface area contributed by atoms with Crippen LogP contribution in [0.3, 0.4) is 0 Å². The largest absolute Gasteiger partial charge is 0.310 e. The minimum absolute atomic E-state index is 0.149. The molecule has 0 aromatic carbocycles. The highest BCUT2D eigenvalue weighted by Gasteiger charge is 2.14. The molecule has 0 radical (unpaired) electrons. The first-order chi connectivity index (χ1) is 6.61. The molecular formula is C8H9IN4O. The highest BCUT2D eigenvalue weighted by atomic mass is 127. The first kappa shape index (κ1) is 9.63. The number of rotatable bonds is 1. The van der Waals surface area contributed by atoms with Crippen molar-refractivity contribution in [2.24, 2.45) is 0 Å². The molecule has 2 aromatic heterocycles. The van der Waals surface area contributed by atoms with E-state index in [0.29, 0.717) is 9.22 Å². The maximum Gasteiger partial charge on any atom is 0.277 e. The molecular weight excluding hydrogens is 295 g/mol. The zero-order valence-electron chi connectivity index (χ0n) is 7.78. The summed E-state index contributed by atoms with van der Waals surface area (Å²) >= 11 is 2.05. The molecule has 2 rings (SSSR count). The second-order valence-corrected chi connectivity index (χ2v) is 4.32. The number of imidazole rings is 1. The van der Waals surface area contributed by atoms with Gasteiger partial charge in [0.1, 0.15) is 15.9 Å². The van der Waals surface area contributed by atoms with Gasteiger partial charge in [0.2, 0.25) is 0 Å². The lowest BCUT2D eigenvalue weighted by Gasteiger charge is -2.00. The van der Waals surface area contributed by atoms with E-state index in [4.69, 9.17) is 0 Å². The van der Waals surface area contributed by atoms with Crippen molar-refractivity contribution in [2.45, 2.75) is 19.8 Å². The van der Waals surface area contributed by atoms with Gasteiger partial charge in [-0.25, -0.2) is 9.50 Å². The van der Waals surface area contributed by atoms with Gasteiger partial charge in [0.25, 0.3) is 5.56 Å². The van der Waals surface area contributed by atoms with E-state index in [9.17, 15) is 4.79 Å². The summed E-state index contributed by atoms with van der Waals surface area (Å²) in [6.45, 7) is 4.04. The SMILES string of the molecule is CC(C)c1nc(I)c2c(=O)[nH]cnn12. The van der Waals surface area contributed by atoms with Gasteiger partial charge in [0.05, 0.1) is 0 Å². The molecule has 0 bridgehead atoms. The van der Waals surface area contributed by atoms with Crippen LogP contribution in [-0.4, -0.2) is 19.6 Å². The van der Waals surface area contributed by atoms with Gasteiger partial charge in [-0.1, -0.05) is 13.8 Å². The number of hydrogen-bond acceptors (Lipinski definition) is 3. The van der Waals surface area contributed by atoms with Gasteiger partial charge in [-0.05, 0) is 22.6 Å². The monoisotopic (exact) mass is 304 g/mol. The van der Waals surface area contributed by atoms with Crippen LogP contribution < -0.4 is 5.56 Å². The molecule has 74 valence electrons. The molecule has 0 amide bonds. The number of fused-ring (bicyclic) bond motifs is 1. The Balaban J connectivity index is 2.91. The third kappa shape index (κ3) is 1.33. The van der Waals surface area contributed by atoms with Gasteiger partial charge in [-0.15, -0.1) is 0 Å². The molecule has 14 heavy (non-hydrogen) atoms. The second-order valence-electron chi connectivity index (χ2n) is 3.29. The molecule has 0 aliphatic heterocycles. The van der Waals surface area contributed by atoms with Gasteiger partial charge >= 0.3 is 0 Å². The molecule has 0 spiro atoms. The van der Waals surface area contributed by atoms with Gasteiger partial charge in [0.15, 0.2) is 5.52 Å². The summed E-state index contributed by atoms with van der Waals surface area (Å²) in [6, 6.07) is 0. The fourth-order valence-corrected chi connectivity index (χ4v) is 2.02. The van der Waals surface area contributed by atoms with Crippen molar-refractivity contribution in [1.29, 1.82) is 0 Å². The standard InChI is InChI=1S/C8H9IN4O/c1-4(2)7-12-6(9)5-8(14)10-3-11-13(5)7/h3-4H,1-2H3,(H,10,11,14). The zero-order chi connectivity index (χ0) is 10.3. The molecule has 1 N–H and O–H groups in total. The number of aromatic amines is 1. The zero-order valence-corrected chi connectivity index (χ0v) is 9.94. The van der Waals surface area contributed by atoms with E-state index in [-0.39, 0.29) is 11.5 Å². The van der Waals surface area contributed by atoms with E-state index in [1.54, 1.807) is 4.52 Å². The van der Waals surface area contributed by atoms with Crippen molar-refractivity contribution in [3.05, 3.63) is 26.2 Å².